The number of anilines is 1. The van der Waals surface area contributed by atoms with Gasteiger partial charge in [-0.15, -0.1) is 0 Å². The molecule has 0 bridgehead atoms. The van der Waals surface area contributed by atoms with Crippen molar-refractivity contribution in [2.24, 2.45) is 0 Å². The van der Waals surface area contributed by atoms with Crippen LogP contribution >= 0.6 is 23.8 Å². The van der Waals surface area contributed by atoms with Crippen molar-refractivity contribution in [3.05, 3.63) is 35.6 Å². The molecule has 1 aromatic rings. The predicted molar refractivity (Wildman–Crippen MR) is 68.3 cm³/mol. The first-order valence-electron chi connectivity index (χ1n) is 4.39. The van der Waals surface area contributed by atoms with Crippen LogP contribution in [0.5, 0.6) is 0 Å². The van der Waals surface area contributed by atoms with Crippen LogP contribution in [0, 0.1) is 0 Å². The van der Waals surface area contributed by atoms with Gasteiger partial charge in [0.15, 0.2) is 10.3 Å². The maximum absolute atomic E-state index is 5.85. The molecule has 2 N–H and O–H groups in total. The SMILES string of the molecule is C=C(C)CNC(=S)Nc1cccnc1Cl. The highest BCUT2D eigenvalue weighted by Gasteiger charge is 2.01. The van der Waals surface area contributed by atoms with E-state index in [9.17, 15) is 0 Å². The van der Waals surface area contributed by atoms with Gasteiger partial charge in [-0.1, -0.05) is 23.8 Å². The molecule has 15 heavy (non-hydrogen) atoms. The number of rotatable bonds is 3. The largest absolute Gasteiger partial charge is 0.359 e. The normalized spacial score (nSPS) is 9.47. The Morgan fingerprint density at radius 2 is 2.40 bits per heavy atom. The van der Waals surface area contributed by atoms with Crippen molar-refractivity contribution < 1.29 is 0 Å². The summed E-state index contributed by atoms with van der Waals surface area (Å²) in [6.45, 7) is 6.33. The smallest absolute Gasteiger partial charge is 0.171 e. The summed E-state index contributed by atoms with van der Waals surface area (Å²) in [5.74, 6) is 0. The van der Waals surface area contributed by atoms with Crippen LogP contribution < -0.4 is 10.6 Å². The van der Waals surface area contributed by atoms with E-state index in [1.54, 1.807) is 12.3 Å². The zero-order valence-corrected chi connectivity index (χ0v) is 9.95. The molecule has 3 nitrogen and oxygen atoms in total. The molecule has 0 saturated heterocycles. The molecule has 0 aliphatic rings. The summed E-state index contributed by atoms with van der Waals surface area (Å²) < 4.78 is 0. The summed E-state index contributed by atoms with van der Waals surface area (Å²) in [6.07, 6.45) is 1.62. The molecule has 0 spiro atoms. The van der Waals surface area contributed by atoms with Crippen LogP contribution in [0.1, 0.15) is 6.92 Å². The molecule has 0 fully saturated rings. The molecular weight excluding hydrogens is 230 g/mol. The molecule has 1 aromatic heterocycles. The van der Waals surface area contributed by atoms with Gasteiger partial charge >= 0.3 is 0 Å². The Labute approximate surface area is 99.5 Å². The molecule has 5 heteroatoms. The first-order chi connectivity index (χ1) is 7.09. The van der Waals surface area contributed by atoms with Gasteiger partial charge in [-0.05, 0) is 31.3 Å². The zero-order valence-electron chi connectivity index (χ0n) is 8.38. The van der Waals surface area contributed by atoms with Gasteiger partial charge in [0.25, 0.3) is 0 Å². The van der Waals surface area contributed by atoms with Gasteiger partial charge in [-0.3, -0.25) is 0 Å². The third-order valence-electron chi connectivity index (χ3n) is 1.56. The molecule has 0 aromatic carbocycles. The molecule has 0 aliphatic carbocycles. The van der Waals surface area contributed by atoms with Crippen LogP contribution in [0.4, 0.5) is 5.69 Å². The minimum Gasteiger partial charge on any atom is -0.359 e. The second-order valence-electron chi connectivity index (χ2n) is 3.11. The summed E-state index contributed by atoms with van der Waals surface area (Å²) in [5, 5.41) is 6.85. The number of thiocarbonyl (C=S) groups is 1. The molecule has 0 amide bonds. The van der Waals surface area contributed by atoms with Crippen LogP contribution in [0.2, 0.25) is 5.15 Å². The molecule has 0 unspecified atom stereocenters. The number of hydrogen-bond acceptors (Lipinski definition) is 2. The average Bonchev–Trinajstić information content (AvgIpc) is 2.18. The van der Waals surface area contributed by atoms with Crippen LogP contribution in [-0.4, -0.2) is 16.6 Å². The monoisotopic (exact) mass is 241 g/mol. The lowest BCUT2D eigenvalue weighted by molar-refractivity contribution is 0.999. The van der Waals surface area contributed by atoms with E-state index in [1.807, 2.05) is 13.0 Å². The number of halogens is 1. The maximum Gasteiger partial charge on any atom is 0.171 e. The lowest BCUT2D eigenvalue weighted by Crippen LogP contribution is -2.29. The fourth-order valence-corrected chi connectivity index (χ4v) is 1.23. The third-order valence-corrected chi connectivity index (χ3v) is 2.11. The Bertz CT molecular complexity index is 379. The summed E-state index contributed by atoms with van der Waals surface area (Å²) >= 11 is 10.9. The van der Waals surface area contributed by atoms with Crippen molar-refractivity contribution in [1.82, 2.24) is 10.3 Å². The molecule has 1 heterocycles. The van der Waals surface area contributed by atoms with Crippen LogP contribution in [0.25, 0.3) is 0 Å². The highest BCUT2D eigenvalue weighted by atomic mass is 35.5. The number of hydrogen-bond donors (Lipinski definition) is 2. The predicted octanol–water partition coefficient (Wildman–Crippen LogP) is 2.60. The Hall–Kier alpha value is -1.13. The first kappa shape index (κ1) is 11.9. The van der Waals surface area contributed by atoms with Crippen LogP contribution in [-0.2, 0) is 0 Å². The summed E-state index contributed by atoms with van der Waals surface area (Å²) in [5.41, 5.74) is 1.70. The van der Waals surface area contributed by atoms with E-state index in [2.05, 4.69) is 22.2 Å². The highest BCUT2D eigenvalue weighted by Crippen LogP contribution is 2.16. The van der Waals surface area contributed by atoms with Crippen molar-refractivity contribution in [2.75, 3.05) is 11.9 Å². The highest BCUT2D eigenvalue weighted by molar-refractivity contribution is 7.80. The van der Waals surface area contributed by atoms with Gasteiger partial charge in [0, 0.05) is 12.7 Å². The van der Waals surface area contributed by atoms with E-state index in [-0.39, 0.29) is 0 Å². The first-order valence-corrected chi connectivity index (χ1v) is 5.18. The van der Waals surface area contributed by atoms with Crippen molar-refractivity contribution in [3.63, 3.8) is 0 Å². The minimum atomic E-state index is 0.400. The van der Waals surface area contributed by atoms with Gasteiger partial charge in [-0.2, -0.15) is 0 Å². The minimum absolute atomic E-state index is 0.400. The number of nitrogens with zero attached hydrogens (tertiary/aromatic N) is 1. The van der Waals surface area contributed by atoms with Crippen molar-refractivity contribution in [2.45, 2.75) is 6.92 Å². The van der Waals surface area contributed by atoms with E-state index in [1.165, 1.54) is 0 Å². The Morgan fingerprint density at radius 3 is 3.00 bits per heavy atom. The molecule has 0 atom stereocenters. The number of nitrogens with one attached hydrogen (secondary N) is 2. The molecule has 1 rings (SSSR count). The Morgan fingerprint density at radius 1 is 1.67 bits per heavy atom. The fraction of sp³-hybridized carbons (Fsp3) is 0.200. The topological polar surface area (TPSA) is 37.0 Å². The number of pyridine rings is 1. The Kier molecular flexibility index (Phi) is 4.52. The zero-order chi connectivity index (χ0) is 11.3. The standard InChI is InChI=1S/C10H12ClN3S/c1-7(2)6-13-10(15)14-8-4-3-5-12-9(8)11/h3-5H,1,6H2,2H3,(H2,13,14,15). The van der Waals surface area contributed by atoms with E-state index in [4.69, 9.17) is 23.8 Å². The van der Waals surface area contributed by atoms with Gasteiger partial charge in [0.05, 0.1) is 5.69 Å². The van der Waals surface area contributed by atoms with Gasteiger partial charge < -0.3 is 10.6 Å². The van der Waals surface area contributed by atoms with Crippen molar-refractivity contribution >= 4 is 34.6 Å². The number of aromatic nitrogens is 1. The molecular formula is C10H12ClN3S. The van der Waals surface area contributed by atoms with Gasteiger partial charge in [0.2, 0.25) is 0 Å². The average molecular weight is 242 g/mol. The van der Waals surface area contributed by atoms with Gasteiger partial charge in [-0.25, -0.2) is 4.98 Å². The molecule has 0 aliphatic heterocycles. The summed E-state index contributed by atoms with van der Waals surface area (Å²) in [7, 11) is 0. The van der Waals surface area contributed by atoms with Crippen LogP contribution in [0.15, 0.2) is 30.5 Å². The molecule has 0 saturated carbocycles. The second kappa shape index (κ2) is 5.68. The fourth-order valence-electron chi connectivity index (χ4n) is 0.877. The lowest BCUT2D eigenvalue weighted by Gasteiger charge is -2.10. The quantitative estimate of drug-likeness (QED) is 0.485. The van der Waals surface area contributed by atoms with Crippen LogP contribution in [0.3, 0.4) is 0 Å². The maximum atomic E-state index is 5.85. The van der Waals surface area contributed by atoms with E-state index < -0.39 is 0 Å². The summed E-state index contributed by atoms with van der Waals surface area (Å²) in [6, 6.07) is 3.60. The van der Waals surface area contributed by atoms with Gasteiger partial charge in [0.1, 0.15) is 0 Å². The molecule has 0 radical (unpaired) electrons. The Balaban J connectivity index is 2.52. The lowest BCUT2D eigenvalue weighted by atomic mass is 10.3. The van der Waals surface area contributed by atoms with Crippen molar-refractivity contribution in [3.8, 4) is 0 Å². The second-order valence-corrected chi connectivity index (χ2v) is 3.87. The van der Waals surface area contributed by atoms with E-state index >= 15 is 0 Å². The summed E-state index contributed by atoms with van der Waals surface area (Å²) in [4.78, 5) is 3.93. The van der Waals surface area contributed by atoms with E-state index in [0.29, 0.717) is 22.5 Å². The molecule has 80 valence electrons. The third kappa shape index (κ3) is 4.27. The van der Waals surface area contributed by atoms with E-state index in [0.717, 1.165) is 5.57 Å². The van der Waals surface area contributed by atoms with Crippen molar-refractivity contribution in [1.29, 1.82) is 0 Å².